The zero-order chi connectivity index (χ0) is 18.5. The molecule has 0 bridgehead atoms. The van der Waals surface area contributed by atoms with Crippen LogP contribution in [-0.4, -0.2) is 21.4 Å². The van der Waals surface area contributed by atoms with Crippen molar-refractivity contribution in [2.75, 3.05) is 5.32 Å². The lowest BCUT2D eigenvalue weighted by molar-refractivity contribution is -0.117. The van der Waals surface area contributed by atoms with Crippen LogP contribution in [0.25, 0.3) is 0 Å². The van der Waals surface area contributed by atoms with Crippen LogP contribution in [0.2, 0.25) is 0 Å². The molecule has 1 aromatic heterocycles. The minimum atomic E-state index is -0.545. The third-order valence-electron chi connectivity index (χ3n) is 4.33. The van der Waals surface area contributed by atoms with Gasteiger partial charge in [0, 0.05) is 11.5 Å². The molecule has 1 atom stereocenters. The highest BCUT2D eigenvalue weighted by atomic mass is 16.1. The van der Waals surface area contributed by atoms with Crippen LogP contribution in [0.4, 0.5) is 5.69 Å². The van der Waals surface area contributed by atoms with Crippen LogP contribution in [0.5, 0.6) is 0 Å². The molecular formula is C20H22N5O-. The van der Waals surface area contributed by atoms with Crippen LogP contribution >= 0.6 is 0 Å². The normalized spacial score (nSPS) is 12.2. The van der Waals surface area contributed by atoms with Gasteiger partial charge >= 0.3 is 0 Å². The van der Waals surface area contributed by atoms with E-state index in [-0.39, 0.29) is 5.91 Å². The molecule has 6 heteroatoms. The lowest BCUT2D eigenvalue weighted by atomic mass is 9.96. The van der Waals surface area contributed by atoms with Crippen molar-refractivity contribution in [3.63, 3.8) is 0 Å². The molecule has 0 aliphatic rings. The van der Waals surface area contributed by atoms with Gasteiger partial charge in [-0.25, -0.2) is 0 Å². The third-order valence-corrected chi connectivity index (χ3v) is 4.33. The van der Waals surface area contributed by atoms with Crippen LogP contribution in [0.1, 0.15) is 48.2 Å². The van der Waals surface area contributed by atoms with Crippen molar-refractivity contribution in [2.45, 2.75) is 39.0 Å². The maximum atomic E-state index is 12.9. The molecule has 3 rings (SSSR count). The van der Waals surface area contributed by atoms with Crippen molar-refractivity contribution in [2.24, 2.45) is 0 Å². The van der Waals surface area contributed by atoms with Crippen molar-refractivity contribution < 1.29 is 4.79 Å². The maximum Gasteiger partial charge on any atom is 0.232 e. The summed E-state index contributed by atoms with van der Waals surface area (Å²) in [6, 6.07) is 15.9. The molecule has 6 nitrogen and oxygen atoms in total. The van der Waals surface area contributed by atoms with Crippen molar-refractivity contribution in [3.8, 4) is 0 Å². The van der Waals surface area contributed by atoms with Gasteiger partial charge in [0.2, 0.25) is 5.91 Å². The van der Waals surface area contributed by atoms with E-state index < -0.39 is 5.92 Å². The Bertz CT molecular complexity index is 856. The highest BCUT2D eigenvalue weighted by Crippen LogP contribution is 2.22. The second-order valence-corrected chi connectivity index (χ2v) is 6.75. The first kappa shape index (κ1) is 17.8. The van der Waals surface area contributed by atoms with E-state index in [1.807, 2.05) is 49.4 Å². The van der Waals surface area contributed by atoms with Crippen LogP contribution in [0.3, 0.4) is 0 Å². The van der Waals surface area contributed by atoms with Crippen LogP contribution < -0.4 is 10.4 Å². The van der Waals surface area contributed by atoms with Crippen LogP contribution in [0.15, 0.2) is 48.5 Å². The lowest BCUT2D eigenvalue weighted by Gasteiger charge is -2.18. The fourth-order valence-corrected chi connectivity index (χ4v) is 2.85. The van der Waals surface area contributed by atoms with Crippen molar-refractivity contribution in [1.29, 1.82) is 0 Å². The molecule has 3 aromatic rings. The Labute approximate surface area is 153 Å². The predicted octanol–water partition coefficient (Wildman–Crippen LogP) is 3.23. The second kappa shape index (κ2) is 7.91. The molecule has 0 spiro atoms. The molecule has 1 N–H and O–H groups in total. The van der Waals surface area contributed by atoms with E-state index in [0.717, 1.165) is 16.8 Å². The van der Waals surface area contributed by atoms with E-state index >= 15 is 0 Å². The molecule has 2 aromatic carbocycles. The molecule has 0 unspecified atom stereocenters. The minimum Gasteiger partial charge on any atom is -0.335 e. The third kappa shape index (κ3) is 4.33. The smallest absolute Gasteiger partial charge is 0.232 e. The number of aromatic nitrogens is 4. The van der Waals surface area contributed by atoms with Gasteiger partial charge in [-0.05, 0) is 42.5 Å². The Kier molecular flexibility index (Phi) is 5.41. The van der Waals surface area contributed by atoms with E-state index in [0.29, 0.717) is 18.2 Å². The van der Waals surface area contributed by atoms with Crippen LogP contribution in [0, 0.1) is 6.92 Å². The number of amides is 1. The Morgan fingerprint density at radius 1 is 1.15 bits per heavy atom. The number of rotatable bonds is 6. The van der Waals surface area contributed by atoms with Crippen LogP contribution in [-0.2, 0) is 11.2 Å². The van der Waals surface area contributed by atoms with E-state index in [4.69, 9.17) is 0 Å². The van der Waals surface area contributed by atoms with E-state index in [9.17, 15) is 4.79 Å². The summed E-state index contributed by atoms with van der Waals surface area (Å²) in [4.78, 5) is 12.9. The average Bonchev–Trinajstić information content (AvgIpc) is 3.14. The first-order valence-electron chi connectivity index (χ1n) is 8.68. The Balaban J connectivity index is 1.79. The predicted molar refractivity (Wildman–Crippen MR) is 99.9 cm³/mol. The summed E-state index contributed by atoms with van der Waals surface area (Å²) in [6.07, 6.45) is 0.491. The van der Waals surface area contributed by atoms with Gasteiger partial charge in [-0.3, -0.25) is 15.1 Å². The topological polar surface area (TPSA) is 81.9 Å². The van der Waals surface area contributed by atoms with Gasteiger partial charge < -0.3 is 10.4 Å². The molecule has 0 radical (unpaired) electrons. The number of benzene rings is 2. The van der Waals surface area contributed by atoms with E-state index in [1.54, 1.807) is 0 Å². The van der Waals surface area contributed by atoms with Gasteiger partial charge in [0.1, 0.15) is 0 Å². The number of carbonyl (C=O) groups excluding carboxylic acids is 1. The SMILES string of the molecule is Cc1cccc(C[C@H](C(=O)Nc2ccc(C(C)C)cc2)c2nnn[n-]2)c1. The van der Waals surface area contributed by atoms with Gasteiger partial charge in [-0.15, -0.1) is 0 Å². The number of hydrogen-bond donors (Lipinski definition) is 1. The highest BCUT2D eigenvalue weighted by molar-refractivity contribution is 5.95. The second-order valence-electron chi connectivity index (χ2n) is 6.75. The van der Waals surface area contributed by atoms with Gasteiger partial charge in [-0.2, -0.15) is 5.21 Å². The summed E-state index contributed by atoms with van der Waals surface area (Å²) in [5, 5.41) is 17.8. The van der Waals surface area contributed by atoms with Gasteiger partial charge in [0.05, 0.1) is 5.92 Å². The Morgan fingerprint density at radius 3 is 2.54 bits per heavy atom. The largest absolute Gasteiger partial charge is 0.335 e. The molecule has 1 amide bonds. The van der Waals surface area contributed by atoms with Gasteiger partial charge in [-0.1, -0.05) is 55.8 Å². The number of aryl methyl sites for hydroxylation is 1. The molecular weight excluding hydrogens is 326 g/mol. The molecule has 134 valence electrons. The number of hydrogen-bond acceptors (Lipinski definition) is 4. The summed E-state index contributed by atoms with van der Waals surface area (Å²) in [5.41, 5.74) is 4.17. The number of nitrogens with one attached hydrogen (secondary N) is 1. The molecule has 26 heavy (non-hydrogen) atoms. The molecule has 0 saturated carbocycles. The minimum absolute atomic E-state index is 0.168. The summed E-state index contributed by atoms with van der Waals surface area (Å²) >= 11 is 0. The zero-order valence-electron chi connectivity index (χ0n) is 15.2. The fourth-order valence-electron chi connectivity index (χ4n) is 2.85. The van der Waals surface area contributed by atoms with Crippen molar-refractivity contribution in [1.82, 2.24) is 20.6 Å². The monoisotopic (exact) mass is 348 g/mol. The molecule has 0 aliphatic carbocycles. The Morgan fingerprint density at radius 2 is 1.92 bits per heavy atom. The molecule has 0 saturated heterocycles. The number of carbonyl (C=O) groups is 1. The van der Waals surface area contributed by atoms with Crippen molar-refractivity contribution >= 4 is 11.6 Å². The molecule has 0 fully saturated rings. The molecule has 1 heterocycles. The van der Waals surface area contributed by atoms with Crippen molar-refractivity contribution in [3.05, 3.63) is 71.0 Å². The fraction of sp³-hybridized carbons (Fsp3) is 0.300. The quantitative estimate of drug-likeness (QED) is 0.739. The standard InChI is InChI=1S/C20H23N5O/c1-13(2)16-7-9-17(10-8-16)21-20(26)18(19-22-24-25-23-19)12-15-6-4-5-14(3)11-15/h4-11,13,18H,12H2,1-3H3,(H2,21,22,23,24,25,26)/p-1/t18-/m0/s1. The first-order valence-corrected chi connectivity index (χ1v) is 8.68. The van der Waals surface area contributed by atoms with Gasteiger partial charge in [0.15, 0.2) is 0 Å². The van der Waals surface area contributed by atoms with Gasteiger partial charge in [0.25, 0.3) is 0 Å². The van der Waals surface area contributed by atoms with E-state index in [2.05, 4.69) is 45.9 Å². The maximum absolute atomic E-state index is 12.9. The lowest BCUT2D eigenvalue weighted by Crippen LogP contribution is -2.24. The first-order chi connectivity index (χ1) is 12.5. The Hall–Kier alpha value is -3.02. The highest BCUT2D eigenvalue weighted by Gasteiger charge is 2.21. The molecule has 0 aliphatic heterocycles. The zero-order valence-corrected chi connectivity index (χ0v) is 15.2. The number of tetrazole rings is 1. The number of anilines is 1. The summed E-state index contributed by atoms with van der Waals surface area (Å²) in [5.74, 6) is 0.0710. The summed E-state index contributed by atoms with van der Waals surface area (Å²) in [7, 11) is 0. The summed E-state index contributed by atoms with van der Waals surface area (Å²) in [6.45, 7) is 6.30. The average molecular weight is 348 g/mol. The summed E-state index contributed by atoms with van der Waals surface area (Å²) < 4.78 is 0. The van der Waals surface area contributed by atoms with E-state index in [1.165, 1.54) is 5.56 Å². The number of nitrogens with zero attached hydrogens (tertiary/aromatic N) is 4.